The first-order chi connectivity index (χ1) is 10.5. The Balaban J connectivity index is 2.68. The van der Waals surface area contributed by atoms with Crippen molar-refractivity contribution in [1.29, 1.82) is 0 Å². The standard InChI is InChI=1S/C17H25N3O2/c1-5-10-18-16(21)12-17(22)19-15-9-8-14(11-13(15)4)20(6-2)7-3/h5,8-9,11H,1,6-7,10,12H2,2-4H3,(H,18,21)(H,19,22). The summed E-state index contributed by atoms with van der Waals surface area (Å²) in [7, 11) is 0. The fraction of sp³-hybridized carbons (Fsp3) is 0.412. The van der Waals surface area contributed by atoms with Crippen LogP contribution in [0.25, 0.3) is 0 Å². The Morgan fingerprint density at radius 1 is 1.23 bits per heavy atom. The second kappa shape index (κ2) is 8.87. The fourth-order valence-electron chi connectivity index (χ4n) is 2.16. The SMILES string of the molecule is C=CCNC(=O)CC(=O)Nc1ccc(N(CC)CC)cc1C. The highest BCUT2D eigenvalue weighted by molar-refractivity contribution is 6.03. The van der Waals surface area contributed by atoms with Gasteiger partial charge in [0.05, 0.1) is 0 Å². The Labute approximate surface area is 132 Å². The number of nitrogens with one attached hydrogen (secondary N) is 2. The van der Waals surface area contributed by atoms with Gasteiger partial charge in [0.1, 0.15) is 6.42 Å². The number of carbonyl (C=O) groups excluding carboxylic acids is 2. The van der Waals surface area contributed by atoms with Crippen molar-refractivity contribution < 1.29 is 9.59 Å². The molecule has 0 radical (unpaired) electrons. The average molecular weight is 303 g/mol. The summed E-state index contributed by atoms with van der Waals surface area (Å²) in [4.78, 5) is 25.6. The van der Waals surface area contributed by atoms with Gasteiger partial charge in [0, 0.05) is 31.0 Å². The van der Waals surface area contributed by atoms with E-state index >= 15 is 0 Å². The molecule has 0 bridgehead atoms. The van der Waals surface area contributed by atoms with Crippen LogP contribution in [0.3, 0.4) is 0 Å². The molecule has 1 rings (SSSR count). The third kappa shape index (κ3) is 5.24. The number of benzene rings is 1. The zero-order valence-corrected chi connectivity index (χ0v) is 13.6. The fourth-order valence-corrected chi connectivity index (χ4v) is 2.16. The largest absolute Gasteiger partial charge is 0.372 e. The maximum absolute atomic E-state index is 11.9. The van der Waals surface area contributed by atoms with Crippen molar-refractivity contribution in [3.8, 4) is 0 Å². The van der Waals surface area contributed by atoms with Gasteiger partial charge in [-0.25, -0.2) is 0 Å². The van der Waals surface area contributed by atoms with Crippen molar-refractivity contribution in [3.05, 3.63) is 36.4 Å². The Kier molecular flexibility index (Phi) is 7.16. The number of amides is 2. The van der Waals surface area contributed by atoms with Crippen molar-refractivity contribution in [1.82, 2.24) is 5.32 Å². The lowest BCUT2D eigenvalue weighted by Crippen LogP contribution is -2.28. The van der Waals surface area contributed by atoms with Crippen LogP contribution in [-0.4, -0.2) is 31.4 Å². The molecule has 0 unspecified atom stereocenters. The predicted molar refractivity (Wildman–Crippen MR) is 91.2 cm³/mol. The lowest BCUT2D eigenvalue weighted by molar-refractivity contribution is -0.126. The zero-order valence-electron chi connectivity index (χ0n) is 13.6. The van der Waals surface area contributed by atoms with E-state index in [1.165, 1.54) is 0 Å². The molecule has 5 heteroatoms. The number of anilines is 2. The summed E-state index contributed by atoms with van der Waals surface area (Å²) in [6, 6.07) is 5.90. The van der Waals surface area contributed by atoms with E-state index in [4.69, 9.17) is 0 Å². The minimum Gasteiger partial charge on any atom is -0.372 e. The van der Waals surface area contributed by atoms with Crippen LogP contribution in [0, 0.1) is 6.92 Å². The van der Waals surface area contributed by atoms with Crippen LogP contribution in [0.5, 0.6) is 0 Å². The van der Waals surface area contributed by atoms with Crippen LogP contribution >= 0.6 is 0 Å². The molecule has 0 saturated heterocycles. The third-order valence-electron chi connectivity index (χ3n) is 3.38. The topological polar surface area (TPSA) is 61.4 Å². The van der Waals surface area contributed by atoms with E-state index in [9.17, 15) is 9.59 Å². The number of carbonyl (C=O) groups is 2. The molecule has 0 aliphatic carbocycles. The maximum Gasteiger partial charge on any atom is 0.233 e. The third-order valence-corrected chi connectivity index (χ3v) is 3.38. The summed E-state index contributed by atoms with van der Waals surface area (Å²) in [6.45, 7) is 11.9. The van der Waals surface area contributed by atoms with E-state index in [2.05, 4.69) is 36.0 Å². The number of hydrogen-bond donors (Lipinski definition) is 2. The van der Waals surface area contributed by atoms with Gasteiger partial charge in [-0.05, 0) is 44.5 Å². The monoisotopic (exact) mass is 303 g/mol. The van der Waals surface area contributed by atoms with Gasteiger partial charge in [-0.15, -0.1) is 6.58 Å². The summed E-state index contributed by atoms with van der Waals surface area (Å²) >= 11 is 0. The van der Waals surface area contributed by atoms with Gasteiger partial charge in [0.2, 0.25) is 11.8 Å². The maximum atomic E-state index is 11.9. The molecule has 1 aromatic carbocycles. The first kappa shape index (κ1) is 17.8. The molecule has 120 valence electrons. The Morgan fingerprint density at radius 3 is 2.45 bits per heavy atom. The van der Waals surface area contributed by atoms with Gasteiger partial charge in [-0.1, -0.05) is 6.08 Å². The Bertz CT molecular complexity index is 537. The molecule has 2 N–H and O–H groups in total. The van der Waals surface area contributed by atoms with Crippen LogP contribution in [-0.2, 0) is 9.59 Å². The molecule has 22 heavy (non-hydrogen) atoms. The van der Waals surface area contributed by atoms with Gasteiger partial charge in [-0.3, -0.25) is 9.59 Å². The lowest BCUT2D eigenvalue weighted by atomic mass is 10.1. The molecule has 0 atom stereocenters. The second-order valence-electron chi connectivity index (χ2n) is 4.99. The molecule has 2 amide bonds. The molecular weight excluding hydrogens is 278 g/mol. The summed E-state index contributed by atoms with van der Waals surface area (Å²) in [5, 5.41) is 5.35. The molecule has 0 aliphatic heterocycles. The van der Waals surface area contributed by atoms with E-state index in [1.54, 1.807) is 6.08 Å². The Morgan fingerprint density at radius 2 is 1.91 bits per heavy atom. The molecule has 5 nitrogen and oxygen atoms in total. The average Bonchev–Trinajstić information content (AvgIpc) is 2.49. The molecule has 0 aliphatic rings. The summed E-state index contributed by atoms with van der Waals surface area (Å²) in [5.41, 5.74) is 2.84. The normalized spacial score (nSPS) is 9.95. The quantitative estimate of drug-likeness (QED) is 0.573. The van der Waals surface area contributed by atoms with Crippen LogP contribution in [0.1, 0.15) is 25.8 Å². The van der Waals surface area contributed by atoms with Crippen LogP contribution < -0.4 is 15.5 Å². The lowest BCUT2D eigenvalue weighted by Gasteiger charge is -2.22. The van der Waals surface area contributed by atoms with Crippen molar-refractivity contribution in [2.24, 2.45) is 0 Å². The zero-order chi connectivity index (χ0) is 16.5. The van der Waals surface area contributed by atoms with Crippen molar-refractivity contribution in [2.45, 2.75) is 27.2 Å². The van der Waals surface area contributed by atoms with Crippen molar-refractivity contribution in [2.75, 3.05) is 29.9 Å². The van der Waals surface area contributed by atoms with E-state index in [-0.39, 0.29) is 18.2 Å². The minimum atomic E-state index is -0.319. The van der Waals surface area contributed by atoms with E-state index < -0.39 is 0 Å². The van der Waals surface area contributed by atoms with Gasteiger partial charge < -0.3 is 15.5 Å². The first-order valence-electron chi connectivity index (χ1n) is 7.54. The summed E-state index contributed by atoms with van der Waals surface area (Å²) in [6.07, 6.45) is 1.39. The van der Waals surface area contributed by atoms with Crippen molar-refractivity contribution in [3.63, 3.8) is 0 Å². The molecule has 0 saturated carbocycles. The van der Waals surface area contributed by atoms with Gasteiger partial charge in [0.25, 0.3) is 0 Å². The minimum absolute atomic E-state index is 0.189. The number of nitrogens with zero attached hydrogens (tertiary/aromatic N) is 1. The number of hydrogen-bond acceptors (Lipinski definition) is 3. The molecule has 0 spiro atoms. The number of rotatable bonds is 8. The van der Waals surface area contributed by atoms with Gasteiger partial charge in [-0.2, -0.15) is 0 Å². The van der Waals surface area contributed by atoms with Crippen molar-refractivity contribution >= 4 is 23.2 Å². The smallest absolute Gasteiger partial charge is 0.233 e. The predicted octanol–water partition coefficient (Wildman–Crippen LogP) is 2.47. The molecule has 1 aromatic rings. The highest BCUT2D eigenvalue weighted by atomic mass is 16.2. The second-order valence-corrected chi connectivity index (χ2v) is 4.99. The summed E-state index contributed by atoms with van der Waals surface area (Å²) < 4.78 is 0. The van der Waals surface area contributed by atoms with Crippen LogP contribution in [0.2, 0.25) is 0 Å². The van der Waals surface area contributed by atoms with E-state index in [1.807, 2.05) is 25.1 Å². The molecule has 0 fully saturated rings. The van der Waals surface area contributed by atoms with E-state index in [0.717, 1.165) is 30.0 Å². The number of aryl methyl sites for hydroxylation is 1. The first-order valence-corrected chi connectivity index (χ1v) is 7.54. The van der Waals surface area contributed by atoms with Gasteiger partial charge in [0.15, 0.2) is 0 Å². The van der Waals surface area contributed by atoms with Crippen LogP contribution in [0.4, 0.5) is 11.4 Å². The molecular formula is C17H25N3O2. The highest BCUT2D eigenvalue weighted by Crippen LogP contribution is 2.22. The Hall–Kier alpha value is -2.30. The van der Waals surface area contributed by atoms with Crippen LogP contribution in [0.15, 0.2) is 30.9 Å². The summed E-state index contributed by atoms with van der Waals surface area (Å²) in [5.74, 6) is -0.630. The van der Waals surface area contributed by atoms with Gasteiger partial charge >= 0.3 is 0 Å². The highest BCUT2D eigenvalue weighted by Gasteiger charge is 2.11. The molecule has 0 aromatic heterocycles. The molecule has 0 heterocycles. The van der Waals surface area contributed by atoms with E-state index in [0.29, 0.717) is 6.54 Å².